The van der Waals surface area contributed by atoms with Gasteiger partial charge in [-0.2, -0.15) is 0 Å². The van der Waals surface area contributed by atoms with Gasteiger partial charge in [-0.25, -0.2) is 0 Å². The summed E-state index contributed by atoms with van der Waals surface area (Å²) in [7, 11) is 3.44. The molecule has 130 valence electrons. The van der Waals surface area contributed by atoms with E-state index in [4.69, 9.17) is 9.47 Å². The molecule has 0 unspecified atom stereocenters. The number of carbonyl (C=O) groups is 1. The van der Waals surface area contributed by atoms with Crippen molar-refractivity contribution in [2.75, 3.05) is 20.7 Å². The first kappa shape index (κ1) is 17.0. The van der Waals surface area contributed by atoms with Crippen LogP contribution in [0.5, 0.6) is 11.5 Å². The van der Waals surface area contributed by atoms with Gasteiger partial charge in [0.25, 0.3) is 0 Å². The van der Waals surface area contributed by atoms with Crippen molar-refractivity contribution in [1.82, 2.24) is 5.32 Å². The summed E-state index contributed by atoms with van der Waals surface area (Å²) in [6.45, 7) is 6.38. The molecule has 1 heterocycles. The van der Waals surface area contributed by atoms with Gasteiger partial charge in [-0.15, -0.1) is 0 Å². The van der Waals surface area contributed by atoms with Gasteiger partial charge in [0.15, 0.2) is 23.4 Å². The maximum absolute atomic E-state index is 12.7. The quantitative estimate of drug-likeness (QED) is 0.864. The van der Waals surface area contributed by atoms with E-state index in [9.17, 15) is 9.90 Å². The number of ether oxygens (including phenoxy) is 2. The molecule has 0 aromatic heterocycles. The summed E-state index contributed by atoms with van der Waals surface area (Å²) in [5, 5.41) is 14.5. The number of Topliss-reactive ketones (excluding diaryl/α,β-unsaturated/α-hetero) is 1. The molecule has 2 aliphatic rings. The summed E-state index contributed by atoms with van der Waals surface area (Å²) >= 11 is 0. The summed E-state index contributed by atoms with van der Waals surface area (Å²) in [5.74, 6) is 1.18. The first-order valence-electron chi connectivity index (χ1n) is 8.33. The highest BCUT2D eigenvalue weighted by molar-refractivity contribution is 5.90. The minimum Gasteiger partial charge on any atom is -0.493 e. The average Bonchev–Trinajstić information content (AvgIpc) is 2.94. The average molecular weight is 331 g/mol. The zero-order chi connectivity index (χ0) is 17.5. The lowest BCUT2D eigenvalue weighted by molar-refractivity contribution is -0.147. The van der Waals surface area contributed by atoms with Gasteiger partial charge in [0.1, 0.15) is 0 Å². The molecule has 5 nitrogen and oxygen atoms in total. The predicted octanol–water partition coefficient (Wildman–Crippen LogP) is 2.06. The fraction of sp³-hybridized carbons (Fsp3) is 0.526. The highest BCUT2D eigenvalue weighted by Crippen LogP contribution is 2.59. The van der Waals surface area contributed by atoms with Crippen molar-refractivity contribution in [2.45, 2.75) is 43.3 Å². The van der Waals surface area contributed by atoms with Crippen LogP contribution in [0, 0.1) is 0 Å². The fourth-order valence-corrected chi connectivity index (χ4v) is 4.30. The number of rotatable bonds is 5. The molecular weight excluding hydrogens is 306 g/mol. The molecule has 24 heavy (non-hydrogen) atoms. The van der Waals surface area contributed by atoms with E-state index >= 15 is 0 Å². The molecule has 3 rings (SSSR count). The van der Waals surface area contributed by atoms with Gasteiger partial charge in [-0.3, -0.25) is 4.79 Å². The smallest absolute Gasteiger partial charge is 0.174 e. The number of aliphatic hydroxyl groups is 1. The molecule has 1 saturated carbocycles. The molecule has 1 aliphatic heterocycles. The molecule has 3 atom stereocenters. The lowest BCUT2D eigenvalue weighted by Crippen LogP contribution is -2.62. The lowest BCUT2D eigenvalue weighted by atomic mass is 9.57. The van der Waals surface area contributed by atoms with Crippen LogP contribution in [0.3, 0.4) is 0 Å². The Kier molecular flexibility index (Phi) is 4.18. The van der Waals surface area contributed by atoms with Crippen molar-refractivity contribution in [3.05, 3.63) is 29.8 Å². The topological polar surface area (TPSA) is 67.8 Å². The van der Waals surface area contributed by atoms with E-state index in [0.29, 0.717) is 37.3 Å². The number of benzene rings is 1. The first-order valence-corrected chi connectivity index (χ1v) is 8.33. The third kappa shape index (κ3) is 2.11. The number of carbonyl (C=O) groups excluding carboxylic acids is 1. The molecule has 1 aromatic rings. The zero-order valence-electron chi connectivity index (χ0n) is 14.5. The third-order valence-corrected chi connectivity index (χ3v) is 5.60. The molecular formula is C19H25NO4. The molecule has 2 N–H and O–H groups in total. The number of ketones is 1. The summed E-state index contributed by atoms with van der Waals surface area (Å²) in [6.07, 6.45) is 2.38. The molecule has 0 radical (unpaired) electrons. The highest BCUT2D eigenvalue weighted by atomic mass is 16.5. The van der Waals surface area contributed by atoms with Crippen LogP contribution in [0.15, 0.2) is 18.7 Å². The van der Waals surface area contributed by atoms with Gasteiger partial charge >= 0.3 is 0 Å². The second kappa shape index (κ2) is 5.90. The minimum absolute atomic E-state index is 0.0332. The van der Waals surface area contributed by atoms with E-state index in [1.807, 2.05) is 26.1 Å². The van der Waals surface area contributed by atoms with Crippen molar-refractivity contribution in [3.63, 3.8) is 0 Å². The molecule has 0 amide bonds. The molecule has 1 fully saturated rings. The maximum atomic E-state index is 12.7. The summed E-state index contributed by atoms with van der Waals surface area (Å²) < 4.78 is 11.6. The van der Waals surface area contributed by atoms with Crippen LogP contribution in [-0.2, 0) is 10.2 Å². The Hall–Kier alpha value is -1.85. The molecule has 5 heteroatoms. The Morgan fingerprint density at radius 2 is 2.29 bits per heavy atom. The second-order valence-corrected chi connectivity index (χ2v) is 6.83. The van der Waals surface area contributed by atoms with Crippen molar-refractivity contribution in [2.24, 2.45) is 0 Å². The first-order chi connectivity index (χ1) is 11.4. The second-order valence-electron chi connectivity index (χ2n) is 6.83. The Bertz CT molecular complexity index is 682. The van der Waals surface area contributed by atoms with Crippen molar-refractivity contribution in [3.8, 4) is 11.5 Å². The summed E-state index contributed by atoms with van der Waals surface area (Å²) in [6, 6.07) is 3.73. The van der Waals surface area contributed by atoms with E-state index in [-0.39, 0.29) is 5.78 Å². The zero-order valence-corrected chi connectivity index (χ0v) is 14.5. The third-order valence-electron chi connectivity index (χ3n) is 5.60. The Morgan fingerprint density at radius 3 is 2.92 bits per heavy atom. The van der Waals surface area contributed by atoms with Gasteiger partial charge in [0.2, 0.25) is 0 Å². The van der Waals surface area contributed by atoms with Crippen LogP contribution in [0.25, 0.3) is 6.08 Å². The Labute approximate surface area is 142 Å². The number of hydrogen-bond acceptors (Lipinski definition) is 5. The van der Waals surface area contributed by atoms with E-state index in [0.717, 1.165) is 11.1 Å². The standard InChI is InChI=1S/C19H25NO4/c1-5-12-6-7-14(23-4)16-15(12)19(10-11-20-3)17(24-16)13(21)8-9-18(19,2)22/h5-7,17,20,22H,1,8-11H2,2-4H3/t17-,18-,19-/m0/s1. The van der Waals surface area contributed by atoms with Gasteiger partial charge in [0, 0.05) is 12.0 Å². The Morgan fingerprint density at radius 1 is 1.54 bits per heavy atom. The summed E-state index contributed by atoms with van der Waals surface area (Å²) in [4.78, 5) is 12.7. The lowest BCUT2D eigenvalue weighted by Gasteiger charge is -2.48. The molecule has 0 bridgehead atoms. The number of methoxy groups -OCH3 is 1. The summed E-state index contributed by atoms with van der Waals surface area (Å²) in [5.41, 5.74) is -0.147. The van der Waals surface area contributed by atoms with Crippen LogP contribution in [-0.4, -0.2) is 43.3 Å². The molecule has 0 spiro atoms. The number of hydrogen-bond donors (Lipinski definition) is 2. The van der Waals surface area contributed by atoms with Crippen LogP contribution < -0.4 is 14.8 Å². The van der Waals surface area contributed by atoms with Gasteiger partial charge in [0.05, 0.1) is 18.1 Å². The van der Waals surface area contributed by atoms with Crippen molar-refractivity contribution < 1.29 is 19.4 Å². The number of nitrogens with one attached hydrogen (secondary N) is 1. The van der Waals surface area contributed by atoms with Gasteiger partial charge in [-0.05, 0) is 45.0 Å². The largest absolute Gasteiger partial charge is 0.493 e. The minimum atomic E-state index is -1.06. The van der Waals surface area contributed by atoms with Crippen molar-refractivity contribution in [1.29, 1.82) is 0 Å². The molecule has 1 aliphatic carbocycles. The molecule has 1 aromatic carbocycles. The van der Waals surface area contributed by atoms with Crippen molar-refractivity contribution >= 4 is 11.9 Å². The van der Waals surface area contributed by atoms with Gasteiger partial charge in [-0.1, -0.05) is 18.7 Å². The van der Waals surface area contributed by atoms with Crippen LogP contribution in [0.2, 0.25) is 0 Å². The van der Waals surface area contributed by atoms with E-state index in [2.05, 4.69) is 11.9 Å². The maximum Gasteiger partial charge on any atom is 0.174 e. The van der Waals surface area contributed by atoms with E-state index < -0.39 is 17.1 Å². The van der Waals surface area contributed by atoms with Crippen LogP contribution >= 0.6 is 0 Å². The monoisotopic (exact) mass is 331 g/mol. The normalized spacial score (nSPS) is 31.2. The fourth-order valence-electron chi connectivity index (χ4n) is 4.30. The van der Waals surface area contributed by atoms with Crippen LogP contribution in [0.4, 0.5) is 0 Å². The highest BCUT2D eigenvalue weighted by Gasteiger charge is 2.64. The van der Waals surface area contributed by atoms with Crippen LogP contribution in [0.1, 0.15) is 37.3 Å². The van der Waals surface area contributed by atoms with E-state index in [1.165, 1.54) is 0 Å². The van der Waals surface area contributed by atoms with Gasteiger partial charge < -0.3 is 19.9 Å². The van der Waals surface area contributed by atoms with E-state index in [1.54, 1.807) is 13.2 Å². The predicted molar refractivity (Wildman–Crippen MR) is 92.6 cm³/mol. The SMILES string of the molecule is C=Cc1ccc(OC)c2c1[C@@]1(CCNC)[C@@H](O2)C(=O)CC[C@]1(C)O. The number of fused-ring (bicyclic) bond motifs is 3. The Balaban J connectivity index is 2.31. The molecule has 0 saturated heterocycles.